The molecular weight excluding hydrogens is 721 g/mol. The summed E-state index contributed by atoms with van der Waals surface area (Å²) < 4.78 is 0. The number of hydrogen-bond acceptors (Lipinski definition) is 0. The first-order valence-corrected chi connectivity index (χ1v) is 21.0. The zero-order valence-electron chi connectivity index (χ0n) is 32.6. The molecule has 0 saturated heterocycles. The first-order valence-electron chi connectivity index (χ1n) is 21.0. The van der Waals surface area contributed by atoms with E-state index in [4.69, 9.17) is 0 Å². The predicted octanol–water partition coefficient (Wildman–Crippen LogP) is 17.1. The SMILES string of the molecule is c1cc2ccc3ccc(-c4c5ccccc5c(-c5c6ccccc6c(-c6ccc7ccc8cccc9ccc6c7c89)c6ccccc56)c5ccccc45)c4ccc(c1)c2c34. The van der Waals surface area contributed by atoms with Gasteiger partial charge in [-0.1, -0.05) is 206 Å². The first kappa shape index (κ1) is 32.2. The van der Waals surface area contributed by atoms with Crippen LogP contribution < -0.4 is 0 Å². The Morgan fingerprint density at radius 3 is 0.717 bits per heavy atom. The normalized spacial score (nSPS) is 12.3. The minimum atomic E-state index is 1.27. The Labute approximate surface area is 345 Å². The van der Waals surface area contributed by atoms with Crippen LogP contribution in [0, 0.1) is 0 Å². The standard InChI is InChI=1S/C60H34/c1-5-19-45-41(15-1)57(51-33-29-39-25-23-35-11-9-13-37-27-31-49(51)55(39)53(35)37)42-16-2-6-20-46(42)59(45)60-47-21-7-3-17-43(47)58(44-18-4-8-22-48(44)60)52-34-30-40-26-24-36-12-10-14-38-28-32-50(52)56(40)54(36)38/h1-34H. The smallest absolute Gasteiger partial charge is 0.00139 e. The number of rotatable bonds is 3. The van der Waals surface area contributed by atoms with E-state index in [1.165, 1.54) is 141 Å². The second-order valence-electron chi connectivity index (χ2n) is 16.6. The molecule has 60 heavy (non-hydrogen) atoms. The van der Waals surface area contributed by atoms with E-state index in [1.54, 1.807) is 0 Å². The molecule has 0 spiro atoms. The van der Waals surface area contributed by atoms with Crippen LogP contribution >= 0.6 is 0 Å². The average Bonchev–Trinajstić information content (AvgIpc) is 3.31. The Balaban J connectivity index is 1.12. The van der Waals surface area contributed by atoms with Crippen LogP contribution in [0.1, 0.15) is 0 Å². The van der Waals surface area contributed by atoms with E-state index < -0.39 is 0 Å². The van der Waals surface area contributed by atoms with Gasteiger partial charge >= 0.3 is 0 Å². The maximum absolute atomic E-state index is 2.37. The van der Waals surface area contributed by atoms with Crippen LogP contribution in [0.5, 0.6) is 0 Å². The summed E-state index contributed by atoms with van der Waals surface area (Å²) in [6.45, 7) is 0. The summed E-state index contributed by atoms with van der Waals surface area (Å²) in [5.74, 6) is 0. The molecular formula is C60H34. The van der Waals surface area contributed by atoms with E-state index in [1.807, 2.05) is 0 Å². The minimum absolute atomic E-state index is 1.27. The van der Waals surface area contributed by atoms with Crippen LogP contribution in [0.25, 0.3) is 141 Å². The van der Waals surface area contributed by atoms with Crippen molar-refractivity contribution in [1.82, 2.24) is 0 Å². The molecule has 14 rings (SSSR count). The van der Waals surface area contributed by atoms with Gasteiger partial charge in [0, 0.05) is 0 Å². The highest BCUT2D eigenvalue weighted by atomic mass is 14.3. The monoisotopic (exact) mass is 754 g/mol. The fraction of sp³-hybridized carbons (Fsp3) is 0. The van der Waals surface area contributed by atoms with Crippen molar-refractivity contribution in [2.75, 3.05) is 0 Å². The highest BCUT2D eigenvalue weighted by Crippen LogP contribution is 2.52. The summed E-state index contributed by atoms with van der Waals surface area (Å²) in [6.07, 6.45) is 0. The molecule has 0 heteroatoms. The summed E-state index contributed by atoms with van der Waals surface area (Å²) in [6, 6.07) is 77.8. The van der Waals surface area contributed by atoms with Gasteiger partial charge in [-0.2, -0.15) is 0 Å². The van der Waals surface area contributed by atoms with Crippen LogP contribution in [-0.2, 0) is 0 Å². The topological polar surface area (TPSA) is 0 Å². The molecule has 14 aromatic carbocycles. The predicted molar refractivity (Wildman–Crippen MR) is 260 cm³/mol. The molecule has 14 aromatic rings. The second kappa shape index (κ2) is 11.9. The van der Waals surface area contributed by atoms with Crippen LogP contribution in [0.3, 0.4) is 0 Å². The zero-order valence-corrected chi connectivity index (χ0v) is 32.6. The summed E-state index contributed by atoms with van der Waals surface area (Å²) in [5, 5.41) is 25.9. The molecule has 0 aliphatic carbocycles. The average molecular weight is 755 g/mol. The molecule has 0 amide bonds. The second-order valence-corrected chi connectivity index (χ2v) is 16.6. The molecule has 0 nitrogen and oxygen atoms in total. The zero-order chi connectivity index (χ0) is 39.1. The Hall–Kier alpha value is -7.80. The van der Waals surface area contributed by atoms with Crippen LogP contribution in [0.15, 0.2) is 206 Å². The van der Waals surface area contributed by atoms with Crippen molar-refractivity contribution in [2.45, 2.75) is 0 Å². The molecule has 0 saturated carbocycles. The van der Waals surface area contributed by atoms with Gasteiger partial charge in [-0.05, 0) is 141 Å². The molecule has 0 fully saturated rings. The number of hydrogen-bond donors (Lipinski definition) is 0. The van der Waals surface area contributed by atoms with Gasteiger partial charge in [0.2, 0.25) is 0 Å². The van der Waals surface area contributed by atoms with Gasteiger partial charge in [-0.3, -0.25) is 0 Å². The Kier molecular flexibility index (Phi) is 6.38. The van der Waals surface area contributed by atoms with Crippen molar-refractivity contribution in [3.8, 4) is 33.4 Å². The molecule has 0 aromatic heterocycles. The van der Waals surface area contributed by atoms with Crippen molar-refractivity contribution in [2.24, 2.45) is 0 Å². The summed E-state index contributed by atoms with van der Waals surface area (Å²) in [5.41, 5.74) is 7.72. The Morgan fingerprint density at radius 1 is 0.150 bits per heavy atom. The lowest BCUT2D eigenvalue weighted by atomic mass is 9.79. The summed E-state index contributed by atoms with van der Waals surface area (Å²) >= 11 is 0. The van der Waals surface area contributed by atoms with Crippen LogP contribution in [0.2, 0.25) is 0 Å². The molecule has 274 valence electrons. The lowest BCUT2D eigenvalue weighted by molar-refractivity contribution is 1.70. The van der Waals surface area contributed by atoms with Crippen molar-refractivity contribution in [1.29, 1.82) is 0 Å². The van der Waals surface area contributed by atoms with Gasteiger partial charge in [0.25, 0.3) is 0 Å². The Morgan fingerprint density at radius 2 is 0.400 bits per heavy atom. The molecule has 0 heterocycles. The molecule has 0 N–H and O–H groups in total. The van der Waals surface area contributed by atoms with Crippen molar-refractivity contribution >= 4 is 108 Å². The van der Waals surface area contributed by atoms with Crippen molar-refractivity contribution in [3.63, 3.8) is 0 Å². The van der Waals surface area contributed by atoms with E-state index in [9.17, 15) is 0 Å². The fourth-order valence-electron chi connectivity index (χ4n) is 11.3. The third kappa shape index (κ3) is 4.19. The van der Waals surface area contributed by atoms with E-state index in [0.29, 0.717) is 0 Å². The van der Waals surface area contributed by atoms with Crippen molar-refractivity contribution < 1.29 is 0 Å². The van der Waals surface area contributed by atoms with Gasteiger partial charge in [0.15, 0.2) is 0 Å². The third-order valence-electron chi connectivity index (χ3n) is 13.7. The Bertz CT molecular complexity index is 3700. The van der Waals surface area contributed by atoms with Gasteiger partial charge in [-0.15, -0.1) is 0 Å². The minimum Gasteiger partial charge on any atom is -0.0616 e. The van der Waals surface area contributed by atoms with E-state index >= 15 is 0 Å². The maximum Gasteiger partial charge on any atom is -0.00139 e. The first-order chi connectivity index (χ1) is 29.8. The lowest BCUT2D eigenvalue weighted by Gasteiger charge is -2.23. The summed E-state index contributed by atoms with van der Waals surface area (Å²) in [4.78, 5) is 0. The highest BCUT2D eigenvalue weighted by molar-refractivity contribution is 6.34. The maximum atomic E-state index is 2.37. The fourth-order valence-corrected chi connectivity index (χ4v) is 11.3. The van der Waals surface area contributed by atoms with Gasteiger partial charge in [0.05, 0.1) is 0 Å². The van der Waals surface area contributed by atoms with Crippen LogP contribution in [0.4, 0.5) is 0 Å². The molecule has 0 aliphatic heterocycles. The molecule has 0 atom stereocenters. The van der Waals surface area contributed by atoms with Gasteiger partial charge in [0.1, 0.15) is 0 Å². The van der Waals surface area contributed by atoms with E-state index in [0.717, 1.165) is 0 Å². The number of benzene rings is 14. The molecule has 0 bridgehead atoms. The lowest BCUT2D eigenvalue weighted by Crippen LogP contribution is -1.95. The quantitative estimate of drug-likeness (QED) is 0.124. The molecule has 0 aliphatic rings. The van der Waals surface area contributed by atoms with E-state index in [-0.39, 0.29) is 0 Å². The highest BCUT2D eigenvalue weighted by Gasteiger charge is 2.24. The van der Waals surface area contributed by atoms with E-state index in [2.05, 4.69) is 206 Å². The van der Waals surface area contributed by atoms with Crippen molar-refractivity contribution in [3.05, 3.63) is 206 Å². The largest absolute Gasteiger partial charge is 0.0616 e. The number of fused-ring (bicyclic) bond motifs is 4. The summed E-state index contributed by atoms with van der Waals surface area (Å²) in [7, 11) is 0. The third-order valence-corrected chi connectivity index (χ3v) is 13.7. The molecule has 0 unspecified atom stereocenters. The van der Waals surface area contributed by atoms with Crippen LogP contribution in [-0.4, -0.2) is 0 Å². The van der Waals surface area contributed by atoms with Gasteiger partial charge in [-0.25, -0.2) is 0 Å². The van der Waals surface area contributed by atoms with Gasteiger partial charge < -0.3 is 0 Å². The molecule has 0 radical (unpaired) electrons.